The summed E-state index contributed by atoms with van der Waals surface area (Å²) in [6.45, 7) is 6.97. The number of rotatable bonds is 5. The van der Waals surface area contributed by atoms with Crippen molar-refractivity contribution in [3.05, 3.63) is 63.6 Å². The number of carbonyl (C=O) groups excluding carboxylic acids is 1. The number of aromatic amines is 1. The first-order valence-corrected chi connectivity index (χ1v) is 13.3. The lowest BCUT2D eigenvalue weighted by atomic mass is 9.48. The molecule has 0 spiro atoms. The fourth-order valence-electron chi connectivity index (χ4n) is 8.26. The van der Waals surface area contributed by atoms with Crippen molar-refractivity contribution < 1.29 is 9.90 Å². The molecule has 6 heteroatoms. The number of nitrogens with one attached hydrogen (secondary N) is 1. The average molecular weight is 476 g/mol. The van der Waals surface area contributed by atoms with Crippen LogP contribution in [0.25, 0.3) is 0 Å². The normalized spacial score (nSPS) is 32.5. The predicted molar refractivity (Wildman–Crippen MR) is 136 cm³/mol. The van der Waals surface area contributed by atoms with Gasteiger partial charge < -0.3 is 15.0 Å². The van der Waals surface area contributed by atoms with Crippen LogP contribution in [-0.2, 0) is 11.8 Å². The Balaban J connectivity index is 1.40. The van der Waals surface area contributed by atoms with Gasteiger partial charge in [0.2, 0.25) is 5.56 Å². The Kier molecular flexibility index (Phi) is 5.19. The molecule has 1 aromatic carbocycles. The number of hydrogen-bond acceptors (Lipinski definition) is 4. The fraction of sp³-hybridized carbons (Fsp3) is 0.586. The van der Waals surface area contributed by atoms with Crippen LogP contribution in [0.3, 0.4) is 0 Å². The van der Waals surface area contributed by atoms with Crippen molar-refractivity contribution in [3.63, 3.8) is 0 Å². The van der Waals surface area contributed by atoms with Crippen LogP contribution in [0.5, 0.6) is 5.75 Å². The molecule has 4 aliphatic rings. The third kappa shape index (κ3) is 3.32. The standard InChI is InChI=1S/C29H37N3O3/c1-18(31(3)27(35)21-9-12-30-26(34)15-21)23-8-10-28(2)25-14-20-6-7-22(33)16-24(20)29(23,28)11-13-32(25)17-19-4-5-19/h6-7,9,12,15-16,18-19,23,25,33H,4-5,8,10-11,13-14,17H2,1-3H3,(H,30,34). The number of H-pyrrole nitrogens is 1. The number of hydrogen-bond donors (Lipinski definition) is 2. The van der Waals surface area contributed by atoms with E-state index in [1.165, 1.54) is 36.6 Å². The largest absolute Gasteiger partial charge is 0.508 e. The summed E-state index contributed by atoms with van der Waals surface area (Å²) in [5.74, 6) is 1.38. The van der Waals surface area contributed by atoms with Gasteiger partial charge in [-0.2, -0.15) is 0 Å². The first-order chi connectivity index (χ1) is 16.7. The van der Waals surface area contributed by atoms with Crippen molar-refractivity contribution in [2.24, 2.45) is 17.3 Å². The Morgan fingerprint density at radius 1 is 1.23 bits per heavy atom. The maximum Gasteiger partial charge on any atom is 0.254 e. The molecular formula is C29H37N3O3. The van der Waals surface area contributed by atoms with Crippen LogP contribution in [0.1, 0.15) is 67.4 Å². The molecule has 6 rings (SSSR count). The highest BCUT2D eigenvalue weighted by molar-refractivity contribution is 5.94. The van der Waals surface area contributed by atoms with Crippen LogP contribution in [0.4, 0.5) is 0 Å². The number of pyridine rings is 1. The lowest BCUT2D eigenvalue weighted by Gasteiger charge is -2.63. The number of phenols is 1. The predicted octanol–water partition coefficient (Wildman–Crippen LogP) is 3.94. The van der Waals surface area contributed by atoms with Gasteiger partial charge in [-0.15, -0.1) is 0 Å². The maximum absolute atomic E-state index is 13.4. The summed E-state index contributed by atoms with van der Waals surface area (Å²) in [5.41, 5.74) is 2.88. The summed E-state index contributed by atoms with van der Waals surface area (Å²) < 4.78 is 0. The molecule has 5 atom stereocenters. The number of piperidine rings is 1. The van der Waals surface area contributed by atoms with E-state index in [-0.39, 0.29) is 34.3 Å². The Labute approximate surface area is 207 Å². The minimum absolute atomic E-state index is 0.00699. The van der Waals surface area contributed by atoms with Crippen LogP contribution in [0, 0.1) is 17.3 Å². The maximum atomic E-state index is 13.4. The lowest BCUT2D eigenvalue weighted by molar-refractivity contribution is -0.0626. The molecule has 2 aromatic rings. The van der Waals surface area contributed by atoms with Crippen LogP contribution in [0.15, 0.2) is 41.3 Å². The van der Waals surface area contributed by atoms with E-state index in [4.69, 9.17) is 0 Å². The molecule has 3 fully saturated rings. The quantitative estimate of drug-likeness (QED) is 0.687. The van der Waals surface area contributed by atoms with Gasteiger partial charge in [0.15, 0.2) is 0 Å². The van der Waals surface area contributed by atoms with E-state index in [1.54, 1.807) is 12.3 Å². The second kappa shape index (κ2) is 7.95. The Bertz CT molecular complexity index is 1220. The monoisotopic (exact) mass is 475 g/mol. The highest BCUT2D eigenvalue weighted by atomic mass is 16.3. The molecule has 186 valence electrons. The van der Waals surface area contributed by atoms with Gasteiger partial charge in [-0.1, -0.05) is 13.0 Å². The van der Waals surface area contributed by atoms with E-state index in [2.05, 4.69) is 29.8 Å². The zero-order valence-corrected chi connectivity index (χ0v) is 21.1. The molecule has 1 saturated heterocycles. The molecular weight excluding hydrogens is 438 g/mol. The number of fused-ring (bicyclic) bond motifs is 1. The third-order valence-electron chi connectivity index (χ3n) is 10.3. The molecule has 0 radical (unpaired) electrons. The number of aromatic hydroxyl groups is 1. The van der Waals surface area contributed by atoms with Crippen molar-refractivity contribution >= 4 is 5.91 Å². The topological polar surface area (TPSA) is 76.6 Å². The van der Waals surface area contributed by atoms with Crippen molar-refractivity contribution in [3.8, 4) is 5.75 Å². The molecule has 2 saturated carbocycles. The number of amides is 1. The van der Waals surface area contributed by atoms with Gasteiger partial charge in [0.05, 0.1) is 0 Å². The number of likely N-dealkylation sites (tertiary alicyclic amines) is 1. The van der Waals surface area contributed by atoms with Gasteiger partial charge in [0.25, 0.3) is 5.91 Å². The fourth-order valence-corrected chi connectivity index (χ4v) is 8.26. The van der Waals surface area contributed by atoms with Gasteiger partial charge in [0.1, 0.15) is 5.75 Å². The molecule has 6 nitrogen and oxygen atoms in total. The SMILES string of the molecule is CC(C1CCC2(C)C3Cc4ccc(O)cc4C12CCN3CC1CC1)N(C)C(=O)c1cc[nH]c(=O)c1. The smallest absolute Gasteiger partial charge is 0.254 e. The van der Waals surface area contributed by atoms with Crippen molar-refractivity contribution in [1.82, 2.24) is 14.8 Å². The highest BCUT2D eigenvalue weighted by Gasteiger charge is 2.67. The van der Waals surface area contributed by atoms with Gasteiger partial charge >= 0.3 is 0 Å². The molecule has 2 N–H and O–H groups in total. The first-order valence-electron chi connectivity index (χ1n) is 13.3. The zero-order chi connectivity index (χ0) is 24.5. The summed E-state index contributed by atoms with van der Waals surface area (Å²) in [6, 6.07) is 9.60. The van der Waals surface area contributed by atoms with Crippen molar-refractivity contribution in [2.75, 3.05) is 20.1 Å². The van der Waals surface area contributed by atoms with E-state index in [0.717, 1.165) is 38.1 Å². The molecule has 5 unspecified atom stereocenters. The summed E-state index contributed by atoms with van der Waals surface area (Å²) >= 11 is 0. The van der Waals surface area contributed by atoms with Crippen LogP contribution < -0.4 is 5.56 Å². The number of carbonyl (C=O) groups is 1. The average Bonchev–Trinajstić information content (AvgIpc) is 3.59. The number of aromatic nitrogens is 1. The minimum atomic E-state index is -0.258. The lowest BCUT2D eigenvalue weighted by Crippen LogP contribution is -2.67. The number of benzene rings is 1. The van der Waals surface area contributed by atoms with Gasteiger partial charge in [0, 0.05) is 48.9 Å². The van der Waals surface area contributed by atoms with Crippen molar-refractivity contribution in [1.29, 1.82) is 0 Å². The van der Waals surface area contributed by atoms with Crippen molar-refractivity contribution in [2.45, 2.75) is 69.9 Å². The van der Waals surface area contributed by atoms with Gasteiger partial charge in [-0.05, 0) is 98.6 Å². The van der Waals surface area contributed by atoms with Gasteiger partial charge in [-0.25, -0.2) is 0 Å². The third-order valence-corrected chi connectivity index (χ3v) is 10.3. The minimum Gasteiger partial charge on any atom is -0.508 e. The molecule has 2 heterocycles. The second-order valence-electron chi connectivity index (χ2n) is 11.9. The van der Waals surface area contributed by atoms with Crippen LogP contribution in [-0.4, -0.2) is 58.0 Å². The molecule has 35 heavy (non-hydrogen) atoms. The Morgan fingerprint density at radius 2 is 2.03 bits per heavy atom. The molecule has 2 bridgehead atoms. The van der Waals surface area contributed by atoms with Crippen LogP contribution >= 0.6 is 0 Å². The number of nitrogens with zero attached hydrogens (tertiary/aromatic N) is 2. The first kappa shape index (κ1) is 22.8. The molecule has 1 aromatic heterocycles. The van der Waals surface area contributed by atoms with E-state index in [9.17, 15) is 14.7 Å². The number of phenolic OH excluding ortho intramolecular Hbond substituents is 1. The zero-order valence-electron chi connectivity index (χ0n) is 21.1. The molecule has 1 aliphatic heterocycles. The Morgan fingerprint density at radius 3 is 2.77 bits per heavy atom. The Hall–Kier alpha value is -2.60. The van der Waals surface area contributed by atoms with Crippen LogP contribution in [0.2, 0.25) is 0 Å². The van der Waals surface area contributed by atoms with Gasteiger partial charge in [-0.3, -0.25) is 14.5 Å². The molecule has 1 amide bonds. The summed E-state index contributed by atoms with van der Waals surface area (Å²) in [4.78, 5) is 32.5. The summed E-state index contributed by atoms with van der Waals surface area (Å²) in [7, 11) is 1.88. The summed E-state index contributed by atoms with van der Waals surface area (Å²) in [5, 5.41) is 10.6. The highest BCUT2D eigenvalue weighted by Crippen LogP contribution is 2.68. The van der Waals surface area contributed by atoms with E-state index >= 15 is 0 Å². The summed E-state index contributed by atoms with van der Waals surface area (Å²) in [6.07, 6.45) is 8.58. The van der Waals surface area contributed by atoms with E-state index in [0.29, 0.717) is 17.4 Å². The van der Waals surface area contributed by atoms with E-state index in [1.807, 2.05) is 24.1 Å². The second-order valence-corrected chi connectivity index (χ2v) is 11.9. The van der Waals surface area contributed by atoms with E-state index < -0.39 is 0 Å². The molecule has 3 aliphatic carbocycles.